The van der Waals surface area contributed by atoms with Crippen LogP contribution in [0, 0.1) is 0 Å². The Balaban J connectivity index is 1.53. The lowest BCUT2D eigenvalue weighted by Gasteiger charge is -2.26. The zero-order valence-corrected chi connectivity index (χ0v) is 15.9. The third kappa shape index (κ3) is 3.51. The molecule has 0 atom stereocenters. The normalized spacial score (nSPS) is 15.0. The zero-order chi connectivity index (χ0) is 17.2. The number of carbonyl (C=O) groups excluding carboxylic acids is 1. The van der Waals surface area contributed by atoms with Crippen LogP contribution in [-0.2, 0) is 4.79 Å². The average molecular weight is 392 g/mol. The molecule has 1 amide bonds. The van der Waals surface area contributed by atoms with E-state index in [-0.39, 0.29) is 11.5 Å². The van der Waals surface area contributed by atoms with Crippen molar-refractivity contribution in [1.29, 1.82) is 0 Å². The molecule has 1 saturated heterocycles. The van der Waals surface area contributed by atoms with E-state index in [1.165, 1.54) is 29.5 Å². The maximum absolute atomic E-state index is 12.5. The van der Waals surface area contributed by atoms with Gasteiger partial charge in [-0.05, 0) is 30.7 Å². The van der Waals surface area contributed by atoms with E-state index in [9.17, 15) is 9.59 Å². The number of hydrogen-bond acceptors (Lipinski definition) is 6. The van der Waals surface area contributed by atoms with Gasteiger partial charge in [-0.2, -0.15) is 0 Å². The van der Waals surface area contributed by atoms with Crippen LogP contribution < -0.4 is 5.56 Å². The largest absolute Gasteiger partial charge is 0.342 e. The van der Waals surface area contributed by atoms with Gasteiger partial charge >= 0.3 is 0 Å². The molecule has 1 fully saturated rings. The number of nitrogens with one attached hydrogen (secondary N) is 1. The Kier molecular flexibility index (Phi) is 4.91. The number of amides is 1. The molecule has 1 N–H and O–H groups in total. The smallest absolute Gasteiger partial charge is 0.260 e. The van der Waals surface area contributed by atoms with Gasteiger partial charge in [0, 0.05) is 28.9 Å². The van der Waals surface area contributed by atoms with Gasteiger partial charge in [-0.15, -0.1) is 22.7 Å². The Morgan fingerprint density at radius 2 is 2.12 bits per heavy atom. The summed E-state index contributed by atoms with van der Waals surface area (Å²) < 4.78 is 0. The molecule has 0 spiro atoms. The average Bonchev–Trinajstić information content (AvgIpc) is 3.29. The van der Waals surface area contributed by atoms with Crippen LogP contribution in [0.4, 0.5) is 0 Å². The van der Waals surface area contributed by atoms with Crippen LogP contribution in [0.3, 0.4) is 0 Å². The van der Waals surface area contributed by atoms with E-state index in [0.29, 0.717) is 16.3 Å². The minimum absolute atomic E-state index is 0.123. The molecule has 3 aromatic rings. The van der Waals surface area contributed by atoms with Gasteiger partial charge < -0.3 is 9.88 Å². The van der Waals surface area contributed by atoms with Crippen LogP contribution in [-0.4, -0.2) is 39.6 Å². The number of piperidine rings is 1. The molecule has 25 heavy (non-hydrogen) atoms. The first kappa shape index (κ1) is 16.8. The molecule has 3 aromatic heterocycles. The highest BCUT2D eigenvalue weighted by Gasteiger charge is 2.18. The van der Waals surface area contributed by atoms with E-state index < -0.39 is 0 Å². The topological polar surface area (TPSA) is 66.1 Å². The molecule has 0 radical (unpaired) electrons. The number of carbonyl (C=O) groups is 1. The second kappa shape index (κ2) is 7.31. The molecule has 0 bridgehead atoms. The number of thioether (sulfide) groups is 1. The summed E-state index contributed by atoms with van der Waals surface area (Å²) >= 11 is 4.39. The van der Waals surface area contributed by atoms with Crippen molar-refractivity contribution >= 4 is 50.6 Å². The van der Waals surface area contributed by atoms with Crippen LogP contribution in [0.15, 0.2) is 32.8 Å². The van der Waals surface area contributed by atoms with Crippen LogP contribution in [0.2, 0.25) is 0 Å². The summed E-state index contributed by atoms with van der Waals surface area (Å²) in [5.41, 5.74) is 0.798. The zero-order valence-electron chi connectivity index (χ0n) is 13.5. The highest BCUT2D eigenvalue weighted by atomic mass is 32.2. The molecule has 130 valence electrons. The van der Waals surface area contributed by atoms with E-state index in [2.05, 4.69) is 9.97 Å². The van der Waals surface area contributed by atoms with E-state index in [1.54, 1.807) is 11.3 Å². The van der Waals surface area contributed by atoms with E-state index in [0.717, 1.165) is 41.2 Å². The van der Waals surface area contributed by atoms with Crippen LogP contribution in [0.5, 0.6) is 0 Å². The Morgan fingerprint density at radius 1 is 1.28 bits per heavy atom. The molecule has 1 aliphatic heterocycles. The maximum atomic E-state index is 12.5. The van der Waals surface area contributed by atoms with Crippen molar-refractivity contribution in [3.8, 4) is 10.4 Å². The van der Waals surface area contributed by atoms with Crippen molar-refractivity contribution < 1.29 is 4.79 Å². The molecular formula is C17H17N3O2S3. The third-order valence-electron chi connectivity index (χ3n) is 4.25. The molecule has 0 unspecified atom stereocenters. The SMILES string of the molecule is O=C(CSc1nc2scc(-c3cccs3)c2c(=O)[nH]1)N1CCCCC1. The fraction of sp³-hybridized carbons (Fsp3) is 0.353. The van der Waals surface area contributed by atoms with Gasteiger partial charge in [0.2, 0.25) is 5.91 Å². The monoisotopic (exact) mass is 391 g/mol. The standard InChI is InChI=1S/C17H17N3O2S3/c21-13(20-6-2-1-3-7-20)10-25-17-18-15(22)14-11(9-24-16(14)19-17)12-5-4-8-23-12/h4-5,8-9H,1-3,6-7,10H2,(H,18,19,22). The summed E-state index contributed by atoms with van der Waals surface area (Å²) in [7, 11) is 0. The molecule has 4 rings (SSSR count). The Labute approximate surface area is 157 Å². The van der Waals surface area contributed by atoms with Crippen molar-refractivity contribution in [2.24, 2.45) is 0 Å². The Hall–Kier alpha value is -1.64. The molecular weight excluding hydrogens is 374 g/mol. The van der Waals surface area contributed by atoms with Crippen molar-refractivity contribution in [2.75, 3.05) is 18.8 Å². The Morgan fingerprint density at radius 3 is 2.88 bits per heavy atom. The quantitative estimate of drug-likeness (QED) is 0.542. The molecule has 4 heterocycles. The second-order valence-corrected chi connectivity index (χ2v) is 8.68. The van der Waals surface area contributed by atoms with Gasteiger partial charge in [-0.1, -0.05) is 17.8 Å². The second-order valence-electron chi connectivity index (χ2n) is 5.91. The number of aromatic nitrogens is 2. The van der Waals surface area contributed by atoms with Gasteiger partial charge in [-0.25, -0.2) is 4.98 Å². The third-order valence-corrected chi connectivity index (χ3v) is 6.88. The molecule has 8 heteroatoms. The summed E-state index contributed by atoms with van der Waals surface area (Å²) in [6, 6.07) is 3.98. The van der Waals surface area contributed by atoms with E-state index in [4.69, 9.17) is 0 Å². The predicted octanol–water partition coefficient (Wildman–Crippen LogP) is 3.82. The summed E-state index contributed by atoms with van der Waals surface area (Å²) in [5, 5.41) is 5.13. The summed E-state index contributed by atoms with van der Waals surface area (Å²) in [4.78, 5) is 35.9. The molecule has 1 aliphatic rings. The highest BCUT2D eigenvalue weighted by molar-refractivity contribution is 7.99. The number of thiophene rings is 2. The molecule has 0 aliphatic carbocycles. The minimum atomic E-state index is -0.137. The van der Waals surface area contributed by atoms with E-state index in [1.807, 2.05) is 27.8 Å². The molecule has 0 aromatic carbocycles. The number of fused-ring (bicyclic) bond motifs is 1. The number of nitrogens with zero attached hydrogens (tertiary/aromatic N) is 2. The van der Waals surface area contributed by atoms with E-state index >= 15 is 0 Å². The van der Waals surface area contributed by atoms with Crippen molar-refractivity contribution in [3.05, 3.63) is 33.2 Å². The predicted molar refractivity (Wildman–Crippen MR) is 105 cm³/mol. The highest BCUT2D eigenvalue weighted by Crippen LogP contribution is 2.34. The fourth-order valence-electron chi connectivity index (χ4n) is 2.98. The van der Waals surface area contributed by atoms with Crippen LogP contribution in [0.1, 0.15) is 19.3 Å². The first-order chi connectivity index (χ1) is 12.2. The Bertz CT molecular complexity index is 940. The lowest BCUT2D eigenvalue weighted by molar-refractivity contribution is -0.129. The number of aromatic amines is 1. The van der Waals surface area contributed by atoms with Gasteiger partial charge in [0.05, 0.1) is 11.1 Å². The fourth-order valence-corrected chi connectivity index (χ4v) is 5.56. The maximum Gasteiger partial charge on any atom is 0.260 e. The van der Waals surface area contributed by atoms with Crippen LogP contribution in [0.25, 0.3) is 20.7 Å². The molecule has 0 saturated carbocycles. The number of rotatable bonds is 4. The van der Waals surface area contributed by atoms with Crippen LogP contribution >= 0.6 is 34.4 Å². The van der Waals surface area contributed by atoms with Gasteiger partial charge in [0.15, 0.2) is 5.16 Å². The van der Waals surface area contributed by atoms with Gasteiger partial charge in [-0.3, -0.25) is 9.59 Å². The number of hydrogen-bond donors (Lipinski definition) is 1. The first-order valence-electron chi connectivity index (χ1n) is 8.18. The van der Waals surface area contributed by atoms with Crippen molar-refractivity contribution in [3.63, 3.8) is 0 Å². The summed E-state index contributed by atoms with van der Waals surface area (Å²) in [6.45, 7) is 1.69. The van der Waals surface area contributed by atoms with Gasteiger partial charge in [0.25, 0.3) is 5.56 Å². The first-order valence-corrected chi connectivity index (χ1v) is 10.9. The van der Waals surface area contributed by atoms with Gasteiger partial charge in [0.1, 0.15) is 4.83 Å². The minimum Gasteiger partial charge on any atom is -0.342 e. The van der Waals surface area contributed by atoms with Crippen molar-refractivity contribution in [2.45, 2.75) is 24.4 Å². The van der Waals surface area contributed by atoms with Crippen molar-refractivity contribution in [1.82, 2.24) is 14.9 Å². The number of H-pyrrole nitrogens is 1. The summed E-state index contributed by atoms with van der Waals surface area (Å²) in [6.07, 6.45) is 3.36. The molecule has 5 nitrogen and oxygen atoms in total. The lowest BCUT2D eigenvalue weighted by Crippen LogP contribution is -2.36. The number of likely N-dealkylation sites (tertiary alicyclic amines) is 1. The lowest BCUT2D eigenvalue weighted by atomic mass is 10.1. The summed E-state index contributed by atoms with van der Waals surface area (Å²) in [5.74, 6) is 0.440.